The van der Waals surface area contributed by atoms with Crippen LogP contribution in [0, 0.1) is 18.3 Å². The van der Waals surface area contributed by atoms with E-state index in [2.05, 4.69) is 10.6 Å². The van der Waals surface area contributed by atoms with Crippen LogP contribution >= 0.6 is 0 Å². The van der Waals surface area contributed by atoms with Crippen molar-refractivity contribution >= 4 is 11.6 Å². The minimum atomic E-state index is -4.51. The summed E-state index contributed by atoms with van der Waals surface area (Å²) in [5.41, 5.74) is 0.892. The summed E-state index contributed by atoms with van der Waals surface area (Å²) < 4.78 is 38.1. The number of aryl methyl sites for hydroxylation is 1. The summed E-state index contributed by atoms with van der Waals surface area (Å²) in [6.45, 7) is 2.35. The van der Waals surface area contributed by atoms with Crippen LogP contribution in [0.25, 0.3) is 0 Å². The van der Waals surface area contributed by atoms with Crippen LogP contribution in [0.4, 0.5) is 18.9 Å². The number of rotatable bonds is 5. The van der Waals surface area contributed by atoms with E-state index >= 15 is 0 Å². The van der Waals surface area contributed by atoms with Crippen molar-refractivity contribution in [2.75, 3.05) is 5.32 Å². The van der Waals surface area contributed by atoms with E-state index in [0.717, 1.165) is 23.3 Å². The van der Waals surface area contributed by atoms with Crippen molar-refractivity contribution in [2.24, 2.45) is 0 Å². The van der Waals surface area contributed by atoms with Crippen LogP contribution in [0.3, 0.4) is 0 Å². The molecule has 0 fully saturated rings. The number of carbonyl (C=O) groups is 1. The zero-order valence-corrected chi connectivity index (χ0v) is 13.9. The average molecular weight is 359 g/mol. The van der Waals surface area contributed by atoms with Gasteiger partial charge in [-0.3, -0.25) is 4.79 Å². The fourth-order valence-electron chi connectivity index (χ4n) is 2.21. The van der Waals surface area contributed by atoms with Gasteiger partial charge in [0.15, 0.2) is 0 Å². The highest BCUT2D eigenvalue weighted by Crippen LogP contribution is 2.30. The molecule has 0 radical (unpaired) electrons. The number of hydrogen-bond acceptors (Lipinski definition) is 3. The van der Waals surface area contributed by atoms with E-state index in [1.165, 1.54) is 18.3 Å². The quantitative estimate of drug-likeness (QED) is 0.623. The maximum Gasteiger partial charge on any atom is 0.416 e. The first-order valence-electron chi connectivity index (χ1n) is 7.67. The van der Waals surface area contributed by atoms with Crippen molar-refractivity contribution in [3.05, 3.63) is 77.0 Å². The number of alkyl halides is 3. The Hall–Kier alpha value is -3.27. The molecule has 1 amide bonds. The zero-order valence-electron chi connectivity index (χ0n) is 13.9. The Bertz CT molecular complexity index is 867. The van der Waals surface area contributed by atoms with Crippen LogP contribution in [-0.2, 0) is 17.5 Å². The van der Waals surface area contributed by atoms with Gasteiger partial charge in [-0.15, -0.1) is 0 Å². The summed E-state index contributed by atoms with van der Waals surface area (Å²) in [4.78, 5) is 12.1. The molecular formula is C19H16F3N3O. The van der Waals surface area contributed by atoms with Crippen LogP contribution in [0.1, 0.15) is 16.7 Å². The van der Waals surface area contributed by atoms with Crippen LogP contribution in [0.5, 0.6) is 0 Å². The van der Waals surface area contributed by atoms with Gasteiger partial charge in [0.2, 0.25) is 0 Å². The minimum Gasteiger partial charge on any atom is -0.386 e. The van der Waals surface area contributed by atoms with E-state index in [-0.39, 0.29) is 11.3 Å². The first kappa shape index (κ1) is 19.1. The molecule has 2 aromatic rings. The Morgan fingerprint density at radius 3 is 2.58 bits per heavy atom. The molecule has 0 aromatic heterocycles. The number of amides is 1. The first-order chi connectivity index (χ1) is 12.3. The summed E-state index contributed by atoms with van der Waals surface area (Å²) in [6.07, 6.45) is -3.27. The van der Waals surface area contributed by atoms with Gasteiger partial charge in [0.05, 0.1) is 5.56 Å². The van der Waals surface area contributed by atoms with Crippen molar-refractivity contribution in [1.82, 2.24) is 5.32 Å². The summed E-state index contributed by atoms with van der Waals surface area (Å²) in [5, 5.41) is 14.3. The van der Waals surface area contributed by atoms with Gasteiger partial charge in [-0.1, -0.05) is 35.9 Å². The molecule has 0 aliphatic heterocycles. The van der Waals surface area contributed by atoms with Crippen molar-refractivity contribution in [1.29, 1.82) is 5.26 Å². The first-order valence-corrected chi connectivity index (χ1v) is 7.67. The van der Waals surface area contributed by atoms with Gasteiger partial charge in [-0.2, -0.15) is 18.4 Å². The van der Waals surface area contributed by atoms with Crippen LogP contribution in [0.15, 0.2) is 60.3 Å². The van der Waals surface area contributed by atoms with Crippen molar-refractivity contribution in [3.8, 4) is 6.07 Å². The fourth-order valence-corrected chi connectivity index (χ4v) is 2.21. The number of benzene rings is 2. The Kier molecular flexibility index (Phi) is 6.02. The SMILES string of the molecule is Cc1cccc(CN/C=C(/C#N)C(=O)Nc2cccc(C(F)(F)F)c2)c1. The predicted octanol–water partition coefficient (Wildman–Crippen LogP) is 4.15. The molecule has 0 atom stereocenters. The topological polar surface area (TPSA) is 64.9 Å². The van der Waals surface area contributed by atoms with E-state index in [4.69, 9.17) is 5.26 Å². The monoisotopic (exact) mass is 359 g/mol. The molecule has 0 aliphatic carbocycles. The molecule has 0 aliphatic rings. The number of carbonyl (C=O) groups excluding carboxylic acids is 1. The van der Waals surface area contributed by atoms with Crippen molar-refractivity contribution in [2.45, 2.75) is 19.6 Å². The number of nitrogens with zero attached hydrogens (tertiary/aromatic N) is 1. The highest BCUT2D eigenvalue weighted by Gasteiger charge is 2.30. The lowest BCUT2D eigenvalue weighted by Gasteiger charge is -2.09. The molecule has 0 unspecified atom stereocenters. The summed E-state index contributed by atoms with van der Waals surface area (Å²) in [7, 11) is 0. The van der Waals surface area contributed by atoms with Gasteiger partial charge in [-0.05, 0) is 30.7 Å². The molecule has 2 N–H and O–H groups in total. The Labute approximate surface area is 149 Å². The zero-order chi connectivity index (χ0) is 19.2. The molecule has 7 heteroatoms. The number of halogens is 3. The predicted molar refractivity (Wildman–Crippen MR) is 91.8 cm³/mol. The smallest absolute Gasteiger partial charge is 0.386 e. The van der Waals surface area contributed by atoms with Gasteiger partial charge >= 0.3 is 6.18 Å². The van der Waals surface area contributed by atoms with Crippen LogP contribution < -0.4 is 10.6 Å². The lowest BCUT2D eigenvalue weighted by molar-refractivity contribution is -0.137. The molecule has 0 bridgehead atoms. The van der Waals surface area contributed by atoms with Gasteiger partial charge in [-0.25, -0.2) is 0 Å². The Balaban J connectivity index is 2.03. The lowest BCUT2D eigenvalue weighted by Crippen LogP contribution is -2.17. The highest BCUT2D eigenvalue weighted by atomic mass is 19.4. The van der Waals surface area contributed by atoms with Crippen molar-refractivity contribution in [3.63, 3.8) is 0 Å². The van der Waals surface area contributed by atoms with Crippen LogP contribution in [0.2, 0.25) is 0 Å². The van der Waals surface area contributed by atoms with E-state index in [0.29, 0.717) is 6.54 Å². The van der Waals surface area contributed by atoms with Gasteiger partial charge in [0.1, 0.15) is 11.6 Å². The average Bonchev–Trinajstić information content (AvgIpc) is 2.58. The molecule has 0 saturated heterocycles. The van der Waals surface area contributed by atoms with E-state index in [1.807, 2.05) is 31.2 Å². The molecule has 134 valence electrons. The van der Waals surface area contributed by atoms with E-state index in [1.54, 1.807) is 6.07 Å². The second kappa shape index (κ2) is 8.21. The molecule has 0 saturated carbocycles. The third-order valence-electron chi connectivity index (χ3n) is 3.45. The van der Waals surface area contributed by atoms with Gasteiger partial charge in [0.25, 0.3) is 5.91 Å². The number of hydrogen-bond donors (Lipinski definition) is 2. The summed E-state index contributed by atoms with van der Waals surface area (Å²) in [6, 6.07) is 13.6. The fraction of sp³-hybridized carbons (Fsp3) is 0.158. The molecule has 0 heterocycles. The molecule has 4 nitrogen and oxygen atoms in total. The molecular weight excluding hydrogens is 343 g/mol. The molecule has 2 rings (SSSR count). The Morgan fingerprint density at radius 2 is 1.92 bits per heavy atom. The largest absolute Gasteiger partial charge is 0.416 e. The van der Waals surface area contributed by atoms with Gasteiger partial charge < -0.3 is 10.6 Å². The summed E-state index contributed by atoms with van der Waals surface area (Å²) in [5.74, 6) is -0.788. The number of nitriles is 1. The highest BCUT2D eigenvalue weighted by molar-refractivity contribution is 6.06. The second-order valence-electron chi connectivity index (χ2n) is 5.57. The Morgan fingerprint density at radius 1 is 1.19 bits per heavy atom. The molecule has 26 heavy (non-hydrogen) atoms. The third-order valence-corrected chi connectivity index (χ3v) is 3.45. The maximum absolute atomic E-state index is 12.7. The normalized spacial score (nSPS) is 11.6. The van der Waals surface area contributed by atoms with Crippen molar-refractivity contribution < 1.29 is 18.0 Å². The van der Waals surface area contributed by atoms with Crippen LogP contribution in [-0.4, -0.2) is 5.91 Å². The van der Waals surface area contributed by atoms with E-state index < -0.39 is 17.6 Å². The summed E-state index contributed by atoms with van der Waals surface area (Å²) >= 11 is 0. The molecule has 2 aromatic carbocycles. The molecule has 0 spiro atoms. The lowest BCUT2D eigenvalue weighted by atomic mass is 10.1. The third kappa shape index (κ3) is 5.38. The minimum absolute atomic E-state index is 0.0374. The second-order valence-corrected chi connectivity index (χ2v) is 5.57. The standard InChI is InChI=1S/C19H16F3N3O/c1-13-4-2-5-14(8-13)11-24-12-15(10-23)18(26)25-17-7-3-6-16(9-17)19(20,21)22/h2-9,12,24H,11H2,1H3,(H,25,26)/b15-12-. The number of nitrogens with one attached hydrogen (secondary N) is 2. The van der Waals surface area contributed by atoms with Gasteiger partial charge in [0, 0.05) is 18.4 Å². The van der Waals surface area contributed by atoms with E-state index in [9.17, 15) is 18.0 Å². The maximum atomic E-state index is 12.7. The number of anilines is 1.